The monoisotopic (exact) mass is 262 g/mol. The number of benzene rings is 1. The number of carbonyl (C=O) groups is 1. The van der Waals surface area contributed by atoms with E-state index in [0.29, 0.717) is 17.0 Å². The molecule has 1 aromatic rings. The van der Waals surface area contributed by atoms with Gasteiger partial charge in [0, 0.05) is 11.8 Å². The Labute approximate surface area is 114 Å². The van der Waals surface area contributed by atoms with Crippen molar-refractivity contribution >= 4 is 11.6 Å². The van der Waals surface area contributed by atoms with Gasteiger partial charge in [-0.3, -0.25) is 4.79 Å². The molecular formula is C15H22N2O2. The number of hydrogen-bond donors (Lipinski definition) is 2. The van der Waals surface area contributed by atoms with Gasteiger partial charge in [-0.05, 0) is 37.3 Å². The first-order valence-corrected chi connectivity index (χ1v) is 6.96. The molecule has 104 valence electrons. The molecule has 0 bridgehead atoms. The zero-order valence-corrected chi connectivity index (χ0v) is 11.4. The van der Waals surface area contributed by atoms with Crippen molar-refractivity contribution in [3.63, 3.8) is 0 Å². The van der Waals surface area contributed by atoms with Crippen molar-refractivity contribution in [2.24, 2.45) is 11.7 Å². The molecule has 4 N–H and O–H groups in total. The van der Waals surface area contributed by atoms with Crippen molar-refractivity contribution < 1.29 is 9.53 Å². The summed E-state index contributed by atoms with van der Waals surface area (Å²) >= 11 is 0. The summed E-state index contributed by atoms with van der Waals surface area (Å²) in [5.41, 5.74) is 12.1. The molecule has 1 amide bonds. The third-order valence-corrected chi connectivity index (χ3v) is 3.88. The minimum atomic E-state index is -0.474. The second-order valence-electron chi connectivity index (χ2n) is 5.30. The van der Waals surface area contributed by atoms with E-state index in [9.17, 15) is 4.79 Å². The Morgan fingerprint density at radius 2 is 2.21 bits per heavy atom. The average Bonchev–Trinajstić information content (AvgIpc) is 2.38. The highest BCUT2D eigenvalue weighted by Gasteiger charge is 2.23. The maximum absolute atomic E-state index is 11.4. The summed E-state index contributed by atoms with van der Waals surface area (Å²) in [5, 5.41) is 0. The van der Waals surface area contributed by atoms with Gasteiger partial charge in [0.25, 0.3) is 5.91 Å². The zero-order valence-electron chi connectivity index (χ0n) is 11.4. The lowest BCUT2D eigenvalue weighted by atomic mass is 9.85. The van der Waals surface area contributed by atoms with E-state index in [1.807, 2.05) is 0 Å². The fraction of sp³-hybridized carbons (Fsp3) is 0.533. The van der Waals surface area contributed by atoms with Crippen LogP contribution in [0.25, 0.3) is 0 Å². The average molecular weight is 262 g/mol. The van der Waals surface area contributed by atoms with Gasteiger partial charge in [-0.2, -0.15) is 0 Å². The number of hydrogen-bond acceptors (Lipinski definition) is 3. The molecule has 0 saturated heterocycles. The van der Waals surface area contributed by atoms with Gasteiger partial charge >= 0.3 is 0 Å². The predicted molar refractivity (Wildman–Crippen MR) is 76.0 cm³/mol. The lowest BCUT2D eigenvalue weighted by molar-refractivity contribution is 0.0977. The first kappa shape index (κ1) is 13.7. The standard InChI is InChI=1S/C15H22N2O2/c1-2-10-4-3-5-12(8-10)19-14-9-11(16)6-7-13(14)15(17)18/h6-7,9-10,12H,2-5,8,16H2,1H3,(H2,17,18). The van der Waals surface area contributed by atoms with Crippen molar-refractivity contribution in [2.45, 2.75) is 45.1 Å². The quantitative estimate of drug-likeness (QED) is 0.819. The van der Waals surface area contributed by atoms with Crippen LogP contribution in [-0.2, 0) is 0 Å². The number of anilines is 1. The van der Waals surface area contributed by atoms with Gasteiger partial charge in [0.1, 0.15) is 5.75 Å². The SMILES string of the molecule is CCC1CCCC(Oc2cc(N)ccc2C(N)=O)C1. The molecule has 1 aliphatic rings. The summed E-state index contributed by atoms with van der Waals surface area (Å²) in [5.74, 6) is 0.768. The van der Waals surface area contributed by atoms with Crippen LogP contribution >= 0.6 is 0 Å². The molecule has 2 unspecified atom stereocenters. The molecule has 1 aliphatic carbocycles. The molecule has 2 rings (SSSR count). The first-order valence-electron chi connectivity index (χ1n) is 6.96. The highest BCUT2D eigenvalue weighted by atomic mass is 16.5. The molecule has 4 nitrogen and oxygen atoms in total. The number of carbonyl (C=O) groups excluding carboxylic acids is 1. The van der Waals surface area contributed by atoms with E-state index in [-0.39, 0.29) is 6.10 Å². The third-order valence-electron chi connectivity index (χ3n) is 3.88. The van der Waals surface area contributed by atoms with Gasteiger partial charge in [0.15, 0.2) is 0 Å². The van der Waals surface area contributed by atoms with Crippen LogP contribution in [0.15, 0.2) is 18.2 Å². The topological polar surface area (TPSA) is 78.3 Å². The largest absolute Gasteiger partial charge is 0.490 e. The maximum Gasteiger partial charge on any atom is 0.252 e. The Balaban J connectivity index is 2.13. The molecule has 0 spiro atoms. The summed E-state index contributed by atoms with van der Waals surface area (Å²) in [7, 11) is 0. The maximum atomic E-state index is 11.4. The molecule has 2 atom stereocenters. The summed E-state index contributed by atoms with van der Waals surface area (Å²) in [6.45, 7) is 2.21. The second kappa shape index (κ2) is 5.95. The van der Waals surface area contributed by atoms with Gasteiger partial charge in [0.05, 0.1) is 11.7 Å². The smallest absolute Gasteiger partial charge is 0.252 e. The van der Waals surface area contributed by atoms with Crippen LogP contribution in [0.5, 0.6) is 5.75 Å². The lowest BCUT2D eigenvalue weighted by Crippen LogP contribution is -2.26. The number of primary amides is 1. The van der Waals surface area contributed by atoms with Gasteiger partial charge in [-0.25, -0.2) is 0 Å². The Kier molecular flexibility index (Phi) is 4.30. The fourth-order valence-electron chi connectivity index (χ4n) is 2.74. The van der Waals surface area contributed by atoms with Crippen LogP contribution in [-0.4, -0.2) is 12.0 Å². The van der Waals surface area contributed by atoms with Crippen LogP contribution in [0.2, 0.25) is 0 Å². The molecule has 1 saturated carbocycles. The van der Waals surface area contributed by atoms with E-state index >= 15 is 0 Å². The fourth-order valence-corrected chi connectivity index (χ4v) is 2.74. The molecule has 0 heterocycles. The van der Waals surface area contributed by atoms with Crippen molar-refractivity contribution in [3.8, 4) is 5.75 Å². The molecule has 19 heavy (non-hydrogen) atoms. The Bertz CT molecular complexity index is 459. The Morgan fingerprint density at radius 1 is 1.42 bits per heavy atom. The number of nitrogen functional groups attached to an aromatic ring is 1. The van der Waals surface area contributed by atoms with Crippen LogP contribution < -0.4 is 16.2 Å². The van der Waals surface area contributed by atoms with Crippen LogP contribution in [0.1, 0.15) is 49.4 Å². The highest BCUT2D eigenvalue weighted by molar-refractivity contribution is 5.96. The normalized spacial score (nSPS) is 23.0. The molecule has 0 aliphatic heterocycles. The Hall–Kier alpha value is -1.71. The lowest BCUT2D eigenvalue weighted by Gasteiger charge is -2.29. The van der Waals surface area contributed by atoms with Crippen molar-refractivity contribution in [1.29, 1.82) is 0 Å². The zero-order chi connectivity index (χ0) is 13.8. The van der Waals surface area contributed by atoms with E-state index in [0.717, 1.165) is 18.8 Å². The molecule has 1 fully saturated rings. The van der Waals surface area contributed by atoms with Gasteiger partial charge in [0.2, 0.25) is 0 Å². The minimum absolute atomic E-state index is 0.165. The summed E-state index contributed by atoms with van der Waals surface area (Å²) in [6.07, 6.45) is 5.87. The molecule has 0 radical (unpaired) electrons. The van der Waals surface area contributed by atoms with Crippen LogP contribution in [0.4, 0.5) is 5.69 Å². The number of amides is 1. The van der Waals surface area contributed by atoms with Gasteiger partial charge < -0.3 is 16.2 Å². The molecule has 0 aromatic heterocycles. The molecular weight excluding hydrogens is 240 g/mol. The van der Waals surface area contributed by atoms with E-state index in [1.54, 1.807) is 18.2 Å². The Morgan fingerprint density at radius 3 is 2.89 bits per heavy atom. The van der Waals surface area contributed by atoms with E-state index in [1.165, 1.54) is 19.3 Å². The van der Waals surface area contributed by atoms with Crippen molar-refractivity contribution in [2.75, 3.05) is 5.73 Å². The number of ether oxygens (including phenoxy) is 1. The summed E-state index contributed by atoms with van der Waals surface area (Å²) in [6, 6.07) is 4.99. The highest BCUT2D eigenvalue weighted by Crippen LogP contribution is 2.31. The third kappa shape index (κ3) is 3.40. The number of nitrogens with two attached hydrogens (primary N) is 2. The second-order valence-corrected chi connectivity index (χ2v) is 5.30. The van der Waals surface area contributed by atoms with Gasteiger partial charge in [-0.15, -0.1) is 0 Å². The van der Waals surface area contributed by atoms with E-state index in [2.05, 4.69) is 6.92 Å². The van der Waals surface area contributed by atoms with Crippen molar-refractivity contribution in [3.05, 3.63) is 23.8 Å². The summed E-state index contributed by atoms with van der Waals surface area (Å²) < 4.78 is 5.98. The first-order chi connectivity index (χ1) is 9.10. The van der Waals surface area contributed by atoms with Gasteiger partial charge in [-0.1, -0.05) is 19.8 Å². The summed E-state index contributed by atoms with van der Waals surface area (Å²) in [4.78, 5) is 11.4. The predicted octanol–water partition coefficient (Wildman–Crippen LogP) is 2.72. The number of rotatable bonds is 4. The van der Waals surface area contributed by atoms with Crippen LogP contribution in [0, 0.1) is 5.92 Å². The molecule has 1 aromatic carbocycles. The van der Waals surface area contributed by atoms with Crippen LogP contribution in [0.3, 0.4) is 0 Å². The molecule has 4 heteroatoms. The van der Waals surface area contributed by atoms with E-state index in [4.69, 9.17) is 16.2 Å². The van der Waals surface area contributed by atoms with Crippen molar-refractivity contribution in [1.82, 2.24) is 0 Å². The minimum Gasteiger partial charge on any atom is -0.490 e. The van der Waals surface area contributed by atoms with E-state index < -0.39 is 5.91 Å².